The molecule has 0 bridgehead atoms. The fraction of sp³-hybridized carbons (Fsp3) is 0.192. The normalized spacial score (nSPS) is 12.5. The molecule has 0 saturated heterocycles. The van der Waals surface area contributed by atoms with Crippen LogP contribution in [0.15, 0.2) is 97.3 Å². The van der Waals surface area contributed by atoms with Crippen LogP contribution in [-0.4, -0.2) is 19.9 Å². The van der Waals surface area contributed by atoms with Gasteiger partial charge in [-0.05, 0) is 23.1 Å². The summed E-state index contributed by atoms with van der Waals surface area (Å²) in [7, 11) is 0. The van der Waals surface area contributed by atoms with E-state index in [1.54, 1.807) is 13.3 Å². The van der Waals surface area contributed by atoms with Crippen LogP contribution in [0.3, 0.4) is 0 Å². The van der Waals surface area contributed by atoms with Crippen LogP contribution in [0.4, 0.5) is 0 Å². The van der Waals surface area contributed by atoms with Crippen molar-refractivity contribution in [2.24, 2.45) is 0 Å². The van der Waals surface area contributed by atoms with Gasteiger partial charge in [0.15, 0.2) is 10.9 Å². The second-order valence-electron chi connectivity index (χ2n) is 7.36. The molecule has 0 fully saturated rings. The van der Waals surface area contributed by atoms with Crippen LogP contribution in [0.2, 0.25) is 0 Å². The zero-order chi connectivity index (χ0) is 21.7. The van der Waals surface area contributed by atoms with E-state index < -0.39 is 5.54 Å². The maximum Gasteiger partial charge on any atom is 0.186 e. The maximum atomic E-state index is 11.8. The van der Waals surface area contributed by atoms with E-state index in [4.69, 9.17) is 5.10 Å². The number of hydrogen-bond donors (Lipinski definition) is 0. The molecule has 0 aliphatic heterocycles. The van der Waals surface area contributed by atoms with Crippen LogP contribution in [0, 0.1) is 0 Å². The van der Waals surface area contributed by atoms with Crippen molar-refractivity contribution in [1.29, 1.82) is 0 Å². The van der Waals surface area contributed by atoms with E-state index in [1.165, 1.54) is 11.8 Å². The Bertz CT molecular complexity index is 1030. The van der Waals surface area contributed by atoms with Gasteiger partial charge in [-0.15, -0.1) is 0 Å². The average molecular weight is 428 g/mol. The Kier molecular flexibility index (Phi) is 6.33. The summed E-state index contributed by atoms with van der Waals surface area (Å²) < 4.78 is 1.95. The Morgan fingerprint density at radius 3 is 1.71 bits per heavy atom. The number of benzene rings is 3. The number of nitrogens with zero attached hydrogens (tertiary/aromatic N) is 3. The molecule has 4 rings (SSSR count). The van der Waals surface area contributed by atoms with Gasteiger partial charge in [-0.3, -0.25) is 4.79 Å². The molecule has 4 aromatic rings. The van der Waals surface area contributed by atoms with Crippen LogP contribution in [-0.2, 0) is 10.3 Å². The van der Waals surface area contributed by atoms with Crippen molar-refractivity contribution in [3.05, 3.63) is 120 Å². The lowest BCUT2D eigenvalue weighted by molar-refractivity contribution is -0.109. The summed E-state index contributed by atoms with van der Waals surface area (Å²) in [5.41, 5.74) is 2.59. The van der Waals surface area contributed by atoms with Gasteiger partial charge in [-0.1, -0.05) is 110 Å². The van der Waals surface area contributed by atoms with E-state index in [1.807, 2.05) is 59.3 Å². The van der Waals surface area contributed by atoms with Gasteiger partial charge in [0, 0.05) is 6.92 Å². The van der Waals surface area contributed by atoms with Crippen molar-refractivity contribution in [2.45, 2.75) is 31.1 Å². The summed E-state index contributed by atoms with van der Waals surface area (Å²) in [6, 6.07) is 31.1. The van der Waals surface area contributed by atoms with Crippen molar-refractivity contribution in [3.63, 3.8) is 0 Å². The highest BCUT2D eigenvalue weighted by Crippen LogP contribution is 2.41. The summed E-state index contributed by atoms with van der Waals surface area (Å²) in [5, 5.41) is 4.97. The molecule has 4 nitrogen and oxygen atoms in total. The first kappa shape index (κ1) is 21.1. The SMILES string of the molecule is CCC(SC(C)=O)c1ncn(C(c2ccccc2)(c2ccccc2)c2ccccc2)n1. The van der Waals surface area contributed by atoms with Gasteiger partial charge in [-0.25, -0.2) is 9.67 Å². The highest BCUT2D eigenvalue weighted by Gasteiger charge is 2.40. The third-order valence-corrected chi connectivity index (χ3v) is 6.56. The van der Waals surface area contributed by atoms with Crippen molar-refractivity contribution in [1.82, 2.24) is 14.8 Å². The molecule has 1 aromatic heterocycles. The highest BCUT2D eigenvalue weighted by atomic mass is 32.2. The van der Waals surface area contributed by atoms with E-state index >= 15 is 0 Å². The van der Waals surface area contributed by atoms with E-state index in [0.717, 1.165) is 23.1 Å². The molecular weight excluding hydrogens is 402 g/mol. The third-order valence-electron chi connectivity index (χ3n) is 5.39. The molecule has 156 valence electrons. The van der Waals surface area contributed by atoms with Gasteiger partial charge in [0.1, 0.15) is 11.9 Å². The summed E-state index contributed by atoms with van der Waals surface area (Å²) in [6.45, 7) is 3.65. The molecule has 3 aromatic carbocycles. The lowest BCUT2D eigenvalue weighted by atomic mass is 9.77. The van der Waals surface area contributed by atoms with Gasteiger partial charge in [0.2, 0.25) is 0 Å². The minimum absolute atomic E-state index is 0.0706. The highest BCUT2D eigenvalue weighted by molar-refractivity contribution is 8.13. The number of rotatable bonds is 7. The number of thioether (sulfide) groups is 1. The van der Waals surface area contributed by atoms with Gasteiger partial charge < -0.3 is 0 Å². The van der Waals surface area contributed by atoms with Gasteiger partial charge in [-0.2, -0.15) is 5.10 Å². The topological polar surface area (TPSA) is 47.8 Å². The molecule has 1 atom stereocenters. The number of carbonyl (C=O) groups is 1. The summed E-state index contributed by atoms with van der Waals surface area (Å²) in [6.07, 6.45) is 2.58. The Morgan fingerprint density at radius 2 is 1.32 bits per heavy atom. The molecule has 31 heavy (non-hydrogen) atoms. The number of carbonyl (C=O) groups excluding carboxylic acids is 1. The van der Waals surface area contributed by atoms with E-state index in [0.29, 0.717) is 5.82 Å². The van der Waals surface area contributed by atoms with Crippen LogP contribution >= 0.6 is 11.8 Å². The molecule has 0 aliphatic carbocycles. The lowest BCUT2D eigenvalue weighted by Gasteiger charge is -2.35. The zero-order valence-corrected chi connectivity index (χ0v) is 18.5. The fourth-order valence-electron chi connectivity index (χ4n) is 4.04. The van der Waals surface area contributed by atoms with Crippen molar-refractivity contribution in [2.75, 3.05) is 0 Å². The van der Waals surface area contributed by atoms with Crippen molar-refractivity contribution in [3.8, 4) is 0 Å². The molecule has 5 heteroatoms. The molecule has 0 N–H and O–H groups in total. The molecule has 0 saturated carbocycles. The Hall–Kier alpha value is -3.18. The Balaban J connectivity index is 1.99. The van der Waals surface area contributed by atoms with Gasteiger partial charge in [0.05, 0.1) is 5.25 Å². The van der Waals surface area contributed by atoms with E-state index in [9.17, 15) is 4.79 Å². The average Bonchev–Trinajstić information content (AvgIpc) is 3.30. The number of hydrogen-bond acceptors (Lipinski definition) is 4. The minimum atomic E-state index is -0.686. The molecular formula is C26H25N3OS. The van der Waals surface area contributed by atoms with Crippen molar-refractivity contribution < 1.29 is 4.79 Å². The zero-order valence-electron chi connectivity index (χ0n) is 17.7. The first-order valence-corrected chi connectivity index (χ1v) is 11.3. The summed E-state index contributed by atoms with van der Waals surface area (Å²) >= 11 is 1.29. The summed E-state index contributed by atoms with van der Waals surface area (Å²) in [5.74, 6) is 0.676. The van der Waals surface area contributed by atoms with Crippen LogP contribution in [0.5, 0.6) is 0 Å². The first-order valence-electron chi connectivity index (χ1n) is 10.4. The maximum absolute atomic E-state index is 11.8. The summed E-state index contributed by atoms with van der Waals surface area (Å²) in [4.78, 5) is 16.4. The molecule has 1 unspecified atom stereocenters. The fourth-order valence-corrected chi connectivity index (χ4v) is 4.82. The molecule has 0 amide bonds. The van der Waals surface area contributed by atoms with Gasteiger partial charge in [0.25, 0.3) is 0 Å². The molecule has 0 radical (unpaired) electrons. The minimum Gasteiger partial charge on any atom is -0.288 e. The largest absolute Gasteiger partial charge is 0.288 e. The molecule has 0 aliphatic rings. The standard InChI is InChI=1S/C26H25N3OS/c1-3-24(31-20(2)30)25-27-19-29(28-25)26(21-13-7-4-8-14-21,22-15-9-5-10-16-22)23-17-11-6-12-18-23/h4-19,24H,3H2,1-2H3. The third kappa shape index (κ3) is 4.06. The smallest absolute Gasteiger partial charge is 0.186 e. The first-order chi connectivity index (χ1) is 15.2. The molecule has 1 heterocycles. The Morgan fingerprint density at radius 1 is 0.871 bits per heavy atom. The molecule has 0 spiro atoms. The van der Waals surface area contributed by atoms with E-state index in [2.05, 4.69) is 48.3 Å². The van der Waals surface area contributed by atoms with Gasteiger partial charge >= 0.3 is 0 Å². The van der Waals surface area contributed by atoms with E-state index in [-0.39, 0.29) is 10.4 Å². The predicted octanol–water partition coefficient (Wildman–Crippen LogP) is 5.85. The number of aromatic nitrogens is 3. The van der Waals surface area contributed by atoms with Crippen LogP contribution in [0.25, 0.3) is 0 Å². The second-order valence-corrected chi connectivity index (χ2v) is 8.74. The van der Waals surface area contributed by atoms with Crippen LogP contribution < -0.4 is 0 Å². The second kappa shape index (κ2) is 9.31. The predicted molar refractivity (Wildman–Crippen MR) is 126 cm³/mol. The quantitative estimate of drug-likeness (QED) is 0.347. The van der Waals surface area contributed by atoms with Crippen molar-refractivity contribution >= 4 is 16.9 Å². The Labute approximate surface area is 187 Å². The van der Waals surface area contributed by atoms with Crippen LogP contribution in [0.1, 0.15) is 48.0 Å². The lowest BCUT2D eigenvalue weighted by Crippen LogP contribution is -2.38. The monoisotopic (exact) mass is 427 g/mol.